The summed E-state index contributed by atoms with van der Waals surface area (Å²) >= 11 is 5.78. The van der Waals surface area contributed by atoms with Crippen molar-refractivity contribution in [3.63, 3.8) is 0 Å². The number of nitrogens with two attached hydrogens (primary N) is 1. The van der Waals surface area contributed by atoms with Gasteiger partial charge in [0.1, 0.15) is 0 Å². The molecule has 0 radical (unpaired) electrons. The van der Waals surface area contributed by atoms with E-state index in [1.165, 1.54) is 0 Å². The molecule has 1 aromatic rings. The molecule has 6 heteroatoms. The zero-order chi connectivity index (χ0) is 13.3. The smallest absolute Gasteiger partial charge is 0.216 e. The molecule has 0 amide bonds. The van der Waals surface area contributed by atoms with Crippen LogP contribution in [0.3, 0.4) is 0 Å². The predicted octanol–water partition coefficient (Wildman–Crippen LogP) is 2.14. The molecule has 0 aromatic heterocycles. The van der Waals surface area contributed by atoms with Crippen molar-refractivity contribution >= 4 is 27.3 Å². The van der Waals surface area contributed by atoms with Crippen LogP contribution in [0.2, 0.25) is 5.02 Å². The summed E-state index contributed by atoms with van der Waals surface area (Å²) in [5.41, 5.74) is 6.86. The Balaban J connectivity index is 2.78. The summed E-state index contributed by atoms with van der Waals surface area (Å²) in [5, 5.41) is 0.465. The van der Waals surface area contributed by atoms with E-state index in [4.69, 9.17) is 17.3 Å². The molecule has 0 saturated heterocycles. The first-order valence-corrected chi connectivity index (χ1v) is 7.03. The zero-order valence-electron chi connectivity index (χ0n) is 10.1. The highest BCUT2D eigenvalue weighted by molar-refractivity contribution is 7.90. The third-order valence-corrected chi connectivity index (χ3v) is 4.81. The van der Waals surface area contributed by atoms with Gasteiger partial charge in [-0.3, -0.25) is 0 Å². The van der Waals surface area contributed by atoms with Crippen molar-refractivity contribution in [2.75, 3.05) is 5.73 Å². The van der Waals surface area contributed by atoms with Crippen molar-refractivity contribution in [1.82, 2.24) is 4.72 Å². The highest BCUT2D eigenvalue weighted by Gasteiger charge is 2.28. The van der Waals surface area contributed by atoms with Crippen LogP contribution < -0.4 is 10.5 Å². The summed E-state index contributed by atoms with van der Waals surface area (Å²) in [6.07, 6.45) is 0. The minimum atomic E-state index is -3.34. The average molecular weight is 277 g/mol. The summed E-state index contributed by atoms with van der Waals surface area (Å²) < 4.78 is 25.3. The van der Waals surface area contributed by atoms with E-state index in [1.807, 2.05) is 0 Å². The Kier molecular flexibility index (Phi) is 4.06. The largest absolute Gasteiger partial charge is 0.398 e. The minimum absolute atomic E-state index is 0.209. The fourth-order valence-corrected chi connectivity index (χ4v) is 2.01. The fourth-order valence-electron chi connectivity index (χ4n) is 1.10. The molecule has 96 valence electrons. The van der Waals surface area contributed by atoms with Crippen molar-refractivity contribution in [2.45, 2.75) is 32.1 Å². The quantitative estimate of drug-likeness (QED) is 0.831. The van der Waals surface area contributed by atoms with Gasteiger partial charge < -0.3 is 5.73 Å². The lowest BCUT2D eigenvalue weighted by Crippen LogP contribution is -2.38. The van der Waals surface area contributed by atoms with Gasteiger partial charge in [-0.25, -0.2) is 13.1 Å². The Hall–Kier alpha value is -0.780. The Bertz CT molecular complexity index is 507. The normalized spacial score (nSPS) is 12.7. The Morgan fingerprint density at radius 2 is 1.94 bits per heavy atom. The van der Waals surface area contributed by atoms with Gasteiger partial charge in [-0.15, -0.1) is 0 Å². The summed E-state index contributed by atoms with van der Waals surface area (Å²) in [7, 11) is -3.34. The number of halogens is 1. The minimum Gasteiger partial charge on any atom is -0.398 e. The molecule has 0 aliphatic carbocycles. The number of nitrogen functional groups attached to an aromatic ring is 1. The van der Waals surface area contributed by atoms with Gasteiger partial charge in [-0.05, 0) is 38.5 Å². The summed E-state index contributed by atoms with van der Waals surface area (Å²) in [5.74, 6) is 0. The summed E-state index contributed by atoms with van der Waals surface area (Å²) in [4.78, 5) is 0. The van der Waals surface area contributed by atoms with Crippen LogP contribution in [0.25, 0.3) is 0 Å². The van der Waals surface area contributed by atoms with Gasteiger partial charge in [0.05, 0.1) is 15.5 Å². The Morgan fingerprint density at radius 3 is 2.41 bits per heavy atom. The molecule has 0 heterocycles. The lowest BCUT2D eigenvalue weighted by Gasteiger charge is -2.19. The van der Waals surface area contributed by atoms with Gasteiger partial charge in [0.25, 0.3) is 0 Å². The van der Waals surface area contributed by atoms with Crippen molar-refractivity contribution in [1.29, 1.82) is 0 Å². The van der Waals surface area contributed by atoms with Crippen LogP contribution in [0.15, 0.2) is 18.2 Å². The molecule has 0 saturated carbocycles. The maximum Gasteiger partial charge on any atom is 0.216 e. The molecule has 4 nitrogen and oxygen atoms in total. The van der Waals surface area contributed by atoms with Crippen LogP contribution in [-0.2, 0) is 16.6 Å². The lowest BCUT2D eigenvalue weighted by atomic mass is 10.2. The van der Waals surface area contributed by atoms with Crippen molar-refractivity contribution < 1.29 is 8.42 Å². The van der Waals surface area contributed by atoms with E-state index >= 15 is 0 Å². The third kappa shape index (κ3) is 3.59. The van der Waals surface area contributed by atoms with E-state index in [1.54, 1.807) is 39.0 Å². The van der Waals surface area contributed by atoms with E-state index in [0.717, 1.165) is 5.56 Å². The highest BCUT2D eigenvalue weighted by atomic mass is 35.5. The molecule has 0 atom stereocenters. The van der Waals surface area contributed by atoms with Crippen LogP contribution >= 0.6 is 11.6 Å². The summed E-state index contributed by atoms with van der Waals surface area (Å²) in [6, 6.07) is 5.05. The van der Waals surface area contributed by atoms with E-state index in [-0.39, 0.29) is 6.54 Å². The van der Waals surface area contributed by atoms with E-state index < -0.39 is 14.8 Å². The number of sulfonamides is 1. The number of anilines is 1. The first-order valence-electron chi connectivity index (χ1n) is 5.16. The maximum atomic E-state index is 11.8. The van der Waals surface area contributed by atoms with Crippen LogP contribution in [-0.4, -0.2) is 13.2 Å². The predicted molar refractivity (Wildman–Crippen MR) is 71.4 cm³/mol. The van der Waals surface area contributed by atoms with Crippen molar-refractivity contribution in [2.24, 2.45) is 0 Å². The monoisotopic (exact) mass is 276 g/mol. The van der Waals surface area contributed by atoms with E-state index in [0.29, 0.717) is 10.7 Å². The van der Waals surface area contributed by atoms with E-state index in [9.17, 15) is 8.42 Å². The average Bonchev–Trinajstić information content (AvgIpc) is 2.18. The molecule has 1 rings (SSSR count). The van der Waals surface area contributed by atoms with Gasteiger partial charge in [-0.2, -0.15) is 0 Å². The molecule has 0 aliphatic rings. The second kappa shape index (κ2) is 4.84. The molecule has 0 fully saturated rings. The fraction of sp³-hybridized carbons (Fsp3) is 0.455. The van der Waals surface area contributed by atoms with Gasteiger partial charge >= 0.3 is 0 Å². The SMILES string of the molecule is CC(C)(C)S(=O)(=O)NCc1ccc(Cl)c(N)c1. The van der Waals surface area contributed by atoms with Crippen LogP contribution in [0.1, 0.15) is 26.3 Å². The van der Waals surface area contributed by atoms with E-state index in [2.05, 4.69) is 4.72 Å². The summed E-state index contributed by atoms with van der Waals surface area (Å²) in [6.45, 7) is 5.14. The van der Waals surface area contributed by atoms with Gasteiger partial charge in [0.15, 0.2) is 0 Å². The molecular weight excluding hydrogens is 260 g/mol. The van der Waals surface area contributed by atoms with Gasteiger partial charge in [0, 0.05) is 6.54 Å². The lowest BCUT2D eigenvalue weighted by molar-refractivity contribution is 0.544. The molecular formula is C11H17ClN2O2S. The Morgan fingerprint density at radius 1 is 1.35 bits per heavy atom. The molecule has 3 N–H and O–H groups in total. The number of nitrogens with one attached hydrogen (secondary N) is 1. The standard InChI is InChI=1S/C11H17ClN2O2S/c1-11(2,3)17(15,16)14-7-8-4-5-9(12)10(13)6-8/h4-6,14H,7,13H2,1-3H3. The molecule has 0 bridgehead atoms. The zero-order valence-corrected chi connectivity index (χ0v) is 11.7. The van der Waals surface area contributed by atoms with Crippen LogP contribution in [0.4, 0.5) is 5.69 Å². The molecule has 0 unspecified atom stereocenters. The number of hydrogen-bond donors (Lipinski definition) is 2. The first kappa shape index (κ1) is 14.3. The van der Waals surface area contributed by atoms with Gasteiger partial charge in [0.2, 0.25) is 10.0 Å². The number of rotatable bonds is 3. The molecule has 1 aromatic carbocycles. The molecule has 0 aliphatic heterocycles. The second-order valence-corrected chi connectivity index (χ2v) is 7.72. The van der Waals surface area contributed by atoms with Crippen LogP contribution in [0, 0.1) is 0 Å². The second-order valence-electron chi connectivity index (χ2n) is 4.79. The maximum absolute atomic E-state index is 11.8. The third-order valence-electron chi connectivity index (χ3n) is 2.33. The number of hydrogen-bond acceptors (Lipinski definition) is 3. The number of benzene rings is 1. The molecule has 17 heavy (non-hydrogen) atoms. The topological polar surface area (TPSA) is 72.2 Å². The first-order chi connectivity index (χ1) is 7.63. The Labute approximate surface area is 107 Å². The van der Waals surface area contributed by atoms with Gasteiger partial charge in [-0.1, -0.05) is 17.7 Å². The van der Waals surface area contributed by atoms with Crippen LogP contribution in [0.5, 0.6) is 0 Å². The highest BCUT2D eigenvalue weighted by Crippen LogP contribution is 2.20. The van der Waals surface area contributed by atoms with Crippen molar-refractivity contribution in [3.05, 3.63) is 28.8 Å². The van der Waals surface area contributed by atoms with Crippen molar-refractivity contribution in [3.8, 4) is 0 Å². The molecule has 0 spiro atoms.